The number of nitrogens with one attached hydrogen (secondary N) is 3. The number of rotatable bonds is 8. The summed E-state index contributed by atoms with van der Waals surface area (Å²) in [4.78, 5) is 26.7. The van der Waals surface area contributed by atoms with E-state index in [2.05, 4.69) is 15.7 Å². The van der Waals surface area contributed by atoms with E-state index in [9.17, 15) is 9.59 Å². The van der Waals surface area contributed by atoms with Gasteiger partial charge in [-0.3, -0.25) is 14.3 Å². The van der Waals surface area contributed by atoms with Crippen molar-refractivity contribution in [2.45, 2.75) is 19.1 Å². The second-order valence-corrected chi connectivity index (χ2v) is 6.93. The fourth-order valence-corrected chi connectivity index (χ4v) is 3.34. The zero-order valence-electron chi connectivity index (χ0n) is 17.0. The molecule has 4 N–H and O–H groups in total. The molecule has 1 fully saturated rings. The van der Waals surface area contributed by atoms with E-state index < -0.39 is 11.9 Å². The van der Waals surface area contributed by atoms with E-state index in [-0.39, 0.29) is 30.5 Å². The Morgan fingerprint density at radius 3 is 2.90 bits per heavy atom. The number of aliphatic hydroxyl groups excluding tert-OH is 1. The molecule has 0 saturated carbocycles. The molecular formula is C20H26N6O4. The lowest BCUT2D eigenvalue weighted by Gasteiger charge is -2.19. The number of carbonyl (C=O) groups is 2. The second-order valence-electron chi connectivity index (χ2n) is 6.93. The number of carbonyl (C=O) groups excluding carboxylic acids is 2. The number of nitrogens with zero attached hydrogens (tertiary/aromatic N) is 3. The van der Waals surface area contributed by atoms with Gasteiger partial charge < -0.3 is 30.8 Å². The van der Waals surface area contributed by atoms with Gasteiger partial charge in [0, 0.05) is 39.0 Å². The average Bonchev–Trinajstić information content (AvgIpc) is 3.29. The van der Waals surface area contributed by atoms with Crippen LogP contribution < -0.4 is 10.6 Å². The van der Waals surface area contributed by atoms with Gasteiger partial charge in [-0.05, 0) is 30.7 Å². The number of hydrogen-bond donors (Lipinski definition) is 4. The summed E-state index contributed by atoms with van der Waals surface area (Å²) in [6.45, 7) is 0.917. The molecule has 0 aromatic carbocycles. The normalized spacial score (nSPS) is 20.3. The lowest BCUT2D eigenvalue weighted by Crippen LogP contribution is -2.44. The minimum absolute atomic E-state index is 0.117. The van der Waals surface area contributed by atoms with Crippen molar-refractivity contribution in [1.29, 1.82) is 5.41 Å². The molecule has 0 radical (unpaired) electrons. The first-order valence-electron chi connectivity index (χ1n) is 9.65. The summed E-state index contributed by atoms with van der Waals surface area (Å²) in [5, 5.41) is 26.9. The Balaban J connectivity index is 1.73. The monoisotopic (exact) mass is 414 g/mol. The first-order chi connectivity index (χ1) is 14.4. The molecule has 1 aliphatic carbocycles. The summed E-state index contributed by atoms with van der Waals surface area (Å²) in [5.74, 6) is -0.181. The molecule has 2 amide bonds. The van der Waals surface area contributed by atoms with Crippen LogP contribution in [0.4, 0.5) is 0 Å². The summed E-state index contributed by atoms with van der Waals surface area (Å²) in [6.07, 6.45) is 7.00. The average molecular weight is 414 g/mol. The molecule has 160 valence electrons. The topological polar surface area (TPSA) is 133 Å². The summed E-state index contributed by atoms with van der Waals surface area (Å²) in [5.41, 5.74) is 1.59. The largest absolute Gasteiger partial charge is 0.487 e. The van der Waals surface area contributed by atoms with Crippen molar-refractivity contribution in [2.24, 2.45) is 7.05 Å². The number of ether oxygens (including phenoxy) is 1. The number of likely N-dealkylation sites (N-methyl/N-ethyl adjacent to an activating group) is 1. The van der Waals surface area contributed by atoms with Crippen LogP contribution in [0.1, 0.15) is 12.1 Å². The smallest absolute Gasteiger partial charge is 0.268 e. The molecule has 1 atom stereocenters. The summed E-state index contributed by atoms with van der Waals surface area (Å²) >= 11 is 0. The lowest BCUT2D eigenvalue weighted by atomic mass is 10.0. The van der Waals surface area contributed by atoms with Crippen molar-refractivity contribution in [3.63, 3.8) is 0 Å². The molecule has 0 spiro atoms. The zero-order valence-corrected chi connectivity index (χ0v) is 17.0. The van der Waals surface area contributed by atoms with Gasteiger partial charge in [-0.25, -0.2) is 0 Å². The quantitative estimate of drug-likeness (QED) is 0.428. The van der Waals surface area contributed by atoms with Gasteiger partial charge in [-0.1, -0.05) is 0 Å². The van der Waals surface area contributed by atoms with E-state index in [0.29, 0.717) is 30.9 Å². The Morgan fingerprint density at radius 1 is 1.43 bits per heavy atom. The van der Waals surface area contributed by atoms with Gasteiger partial charge in [0.15, 0.2) is 0 Å². The first-order valence-corrected chi connectivity index (χ1v) is 9.65. The van der Waals surface area contributed by atoms with Crippen LogP contribution in [0, 0.1) is 5.41 Å². The number of β-amino-alcohol motifs (C(OH)–C–C–N with tert-alkyl or cyclic N) is 1. The van der Waals surface area contributed by atoms with Crippen molar-refractivity contribution in [3.05, 3.63) is 53.2 Å². The Bertz CT molecular complexity index is 929. The van der Waals surface area contributed by atoms with Crippen LogP contribution >= 0.6 is 0 Å². The number of hydrogen-bond acceptors (Lipinski definition) is 7. The van der Waals surface area contributed by atoms with Crippen LogP contribution in [-0.2, 0) is 28.0 Å². The number of aryl methyl sites for hydroxylation is 1. The maximum absolute atomic E-state index is 12.8. The Kier molecular flexibility index (Phi) is 6.68. The number of allylic oxidation sites excluding steroid dienone is 4. The van der Waals surface area contributed by atoms with Crippen molar-refractivity contribution < 1.29 is 19.4 Å². The fraction of sp³-hybridized carbons (Fsp3) is 0.400. The molecule has 1 aliphatic heterocycles. The third-order valence-electron chi connectivity index (χ3n) is 5.02. The van der Waals surface area contributed by atoms with Crippen LogP contribution in [0.3, 0.4) is 0 Å². The van der Waals surface area contributed by atoms with Crippen LogP contribution in [0.15, 0.2) is 47.5 Å². The summed E-state index contributed by atoms with van der Waals surface area (Å²) in [7, 11) is 3.41. The minimum atomic E-state index is -0.647. The molecule has 30 heavy (non-hydrogen) atoms. The van der Waals surface area contributed by atoms with Crippen LogP contribution in [-0.4, -0.2) is 70.1 Å². The van der Waals surface area contributed by atoms with Gasteiger partial charge >= 0.3 is 0 Å². The highest BCUT2D eigenvalue weighted by Gasteiger charge is 2.33. The van der Waals surface area contributed by atoms with E-state index >= 15 is 0 Å². The number of aromatic nitrogens is 2. The second kappa shape index (κ2) is 9.40. The molecule has 0 bridgehead atoms. The van der Waals surface area contributed by atoms with Crippen molar-refractivity contribution in [1.82, 2.24) is 25.3 Å². The highest BCUT2D eigenvalue weighted by Crippen LogP contribution is 2.19. The predicted molar refractivity (Wildman–Crippen MR) is 109 cm³/mol. The van der Waals surface area contributed by atoms with Crippen molar-refractivity contribution in [3.8, 4) is 0 Å². The van der Waals surface area contributed by atoms with Crippen LogP contribution in [0.2, 0.25) is 0 Å². The molecule has 2 aliphatic rings. The van der Waals surface area contributed by atoms with Gasteiger partial charge in [0.2, 0.25) is 5.91 Å². The SMILES string of the molecule is CN/C(C(=O)NC1CCN(CCO)C1=O)=C1/C=C(OCc2ccnn2C)C=CC1=N. The minimum Gasteiger partial charge on any atom is -0.487 e. The van der Waals surface area contributed by atoms with Crippen LogP contribution in [0.5, 0.6) is 0 Å². The van der Waals surface area contributed by atoms with E-state index in [1.54, 1.807) is 36.2 Å². The van der Waals surface area contributed by atoms with Crippen LogP contribution in [0.25, 0.3) is 0 Å². The van der Waals surface area contributed by atoms with Gasteiger partial charge in [0.25, 0.3) is 5.91 Å². The number of likely N-dealkylation sites (tertiary alicyclic amines) is 1. The van der Waals surface area contributed by atoms with Gasteiger partial charge in [0.1, 0.15) is 24.1 Å². The Labute approximate surface area is 174 Å². The van der Waals surface area contributed by atoms with E-state index in [0.717, 1.165) is 5.69 Å². The highest BCUT2D eigenvalue weighted by molar-refractivity contribution is 6.15. The third-order valence-corrected chi connectivity index (χ3v) is 5.02. The van der Waals surface area contributed by atoms with Gasteiger partial charge in [-0.2, -0.15) is 5.10 Å². The molecular weight excluding hydrogens is 388 g/mol. The molecule has 1 aromatic heterocycles. The molecule has 10 nitrogen and oxygen atoms in total. The first kappa shape index (κ1) is 21.3. The summed E-state index contributed by atoms with van der Waals surface area (Å²) in [6, 6.07) is 1.20. The predicted octanol–water partition coefficient (Wildman–Crippen LogP) is -0.407. The lowest BCUT2D eigenvalue weighted by molar-refractivity contribution is -0.132. The van der Waals surface area contributed by atoms with Gasteiger partial charge in [-0.15, -0.1) is 0 Å². The maximum Gasteiger partial charge on any atom is 0.268 e. The highest BCUT2D eigenvalue weighted by atomic mass is 16.5. The third kappa shape index (κ3) is 4.60. The van der Waals surface area contributed by atoms with Gasteiger partial charge in [0.05, 0.1) is 18.0 Å². The van der Waals surface area contributed by atoms with E-state index in [1.807, 2.05) is 13.1 Å². The van der Waals surface area contributed by atoms with Crippen molar-refractivity contribution in [2.75, 3.05) is 26.7 Å². The molecule has 1 unspecified atom stereocenters. The molecule has 10 heteroatoms. The standard InChI is InChI=1S/C20H26N6O4/c1-22-18(19(28)24-17-6-8-26(9-10-27)20(17)29)15-11-14(3-4-16(15)21)30-12-13-5-7-23-25(13)2/h3-5,7,11,17,21-22,27H,6,8-10,12H2,1-2H3,(H,24,28)/b18-15-,21-16?. The van der Waals surface area contributed by atoms with Crippen molar-refractivity contribution >= 4 is 17.5 Å². The zero-order chi connectivity index (χ0) is 21.7. The maximum atomic E-state index is 12.8. The summed E-state index contributed by atoms with van der Waals surface area (Å²) < 4.78 is 7.50. The number of aliphatic hydroxyl groups is 1. The molecule has 1 saturated heterocycles. The molecule has 3 rings (SSSR count). The fourth-order valence-electron chi connectivity index (χ4n) is 3.34. The Morgan fingerprint density at radius 2 is 2.23 bits per heavy atom. The number of amides is 2. The van der Waals surface area contributed by atoms with E-state index in [4.69, 9.17) is 15.3 Å². The molecule has 1 aromatic rings. The molecule has 2 heterocycles. The van der Waals surface area contributed by atoms with E-state index in [1.165, 1.54) is 4.90 Å². The Hall–Kier alpha value is -3.40.